The zero-order valence-electron chi connectivity index (χ0n) is 13.5. The number of nitrogens with zero attached hydrogens (tertiary/aromatic N) is 3. The fourth-order valence-corrected chi connectivity index (χ4v) is 4.66. The average molecular weight is 378 g/mol. The van der Waals surface area contributed by atoms with Gasteiger partial charge >= 0.3 is 0 Å². The van der Waals surface area contributed by atoms with E-state index < -0.39 is 10.0 Å². The first-order valence-electron chi connectivity index (χ1n) is 7.69. The van der Waals surface area contributed by atoms with Crippen LogP contribution in [0.4, 0.5) is 10.8 Å². The number of hydrogen-bond donors (Lipinski definition) is 1. The zero-order chi connectivity index (χ0) is 17.9. The average Bonchev–Trinajstić information content (AvgIpc) is 3.17. The molecule has 1 aromatic heterocycles. The van der Waals surface area contributed by atoms with Gasteiger partial charge in [0.25, 0.3) is 0 Å². The summed E-state index contributed by atoms with van der Waals surface area (Å²) in [6.45, 7) is 5.43. The van der Waals surface area contributed by atoms with Crippen molar-refractivity contribution in [1.29, 1.82) is 0 Å². The molecule has 132 valence electrons. The van der Waals surface area contributed by atoms with E-state index in [0.717, 1.165) is 11.2 Å². The van der Waals surface area contributed by atoms with Crippen LogP contribution < -0.4 is 10.2 Å². The minimum atomic E-state index is -3.55. The lowest BCUT2D eigenvalue weighted by Crippen LogP contribution is -2.48. The van der Waals surface area contributed by atoms with E-state index in [1.165, 1.54) is 16.4 Å². The Morgan fingerprint density at radius 2 is 1.88 bits per heavy atom. The molecule has 0 aliphatic carbocycles. The third-order valence-corrected chi connectivity index (χ3v) is 6.62. The summed E-state index contributed by atoms with van der Waals surface area (Å²) in [6, 6.07) is 6.14. The molecule has 1 aliphatic rings. The van der Waals surface area contributed by atoms with E-state index >= 15 is 0 Å². The second-order valence-corrected chi connectivity index (χ2v) is 8.23. The van der Waals surface area contributed by atoms with E-state index in [4.69, 9.17) is 0 Å². The number of piperazine rings is 1. The predicted molar refractivity (Wildman–Crippen MR) is 98.4 cm³/mol. The van der Waals surface area contributed by atoms with Crippen molar-refractivity contribution in [3.05, 3.63) is 48.5 Å². The zero-order valence-corrected chi connectivity index (χ0v) is 15.1. The molecular weight excluding hydrogens is 360 g/mol. The molecule has 9 heteroatoms. The third-order valence-electron chi connectivity index (χ3n) is 3.87. The van der Waals surface area contributed by atoms with Crippen molar-refractivity contribution < 1.29 is 13.2 Å². The Bertz CT molecular complexity index is 840. The molecule has 1 amide bonds. The second kappa shape index (κ2) is 7.34. The Labute approximate surface area is 150 Å². The SMILES string of the molecule is C=CC(=O)Nc1ccc(S(=O)(=O)N2CCN(c3nccs3)CC2)cc1. The lowest BCUT2D eigenvalue weighted by atomic mass is 10.3. The standard InChI is InChI=1S/C16H18N4O3S2/c1-2-15(21)18-13-3-5-14(6-4-13)25(22,23)20-10-8-19(9-11-20)16-17-7-12-24-16/h2-7,12H,1,8-11H2,(H,18,21). The largest absolute Gasteiger partial charge is 0.345 e. The van der Waals surface area contributed by atoms with Gasteiger partial charge < -0.3 is 10.2 Å². The minimum Gasteiger partial charge on any atom is -0.345 e. The normalized spacial score (nSPS) is 15.8. The molecule has 0 unspecified atom stereocenters. The molecular formula is C16H18N4O3S2. The van der Waals surface area contributed by atoms with Crippen LogP contribution in [0.2, 0.25) is 0 Å². The van der Waals surface area contributed by atoms with E-state index in [2.05, 4.69) is 21.8 Å². The van der Waals surface area contributed by atoms with Gasteiger partial charge in [0.05, 0.1) is 4.90 Å². The van der Waals surface area contributed by atoms with E-state index in [1.54, 1.807) is 29.7 Å². The molecule has 3 rings (SSSR count). The maximum Gasteiger partial charge on any atom is 0.247 e. The summed E-state index contributed by atoms with van der Waals surface area (Å²) in [5.41, 5.74) is 0.525. The molecule has 1 aliphatic heterocycles. The molecule has 25 heavy (non-hydrogen) atoms. The first-order valence-corrected chi connectivity index (χ1v) is 10.0. The fraction of sp³-hybridized carbons (Fsp3) is 0.250. The van der Waals surface area contributed by atoms with Crippen molar-refractivity contribution in [3.63, 3.8) is 0 Å². The predicted octanol–water partition coefficient (Wildman–Crippen LogP) is 1.78. The number of carbonyl (C=O) groups excluding carboxylic acids is 1. The maximum atomic E-state index is 12.8. The number of rotatable bonds is 5. The summed E-state index contributed by atoms with van der Waals surface area (Å²) in [5.74, 6) is -0.339. The smallest absolute Gasteiger partial charge is 0.247 e. The van der Waals surface area contributed by atoms with Crippen molar-refractivity contribution in [2.45, 2.75) is 4.90 Å². The summed E-state index contributed by atoms with van der Waals surface area (Å²) in [6.07, 6.45) is 2.91. The highest BCUT2D eigenvalue weighted by molar-refractivity contribution is 7.89. The Balaban J connectivity index is 1.67. The summed E-state index contributed by atoms with van der Waals surface area (Å²) in [7, 11) is -3.55. The molecule has 2 aromatic rings. The molecule has 7 nitrogen and oxygen atoms in total. The fourth-order valence-electron chi connectivity index (χ4n) is 2.54. The number of sulfonamides is 1. The second-order valence-electron chi connectivity index (χ2n) is 5.42. The van der Waals surface area contributed by atoms with Crippen LogP contribution >= 0.6 is 11.3 Å². The van der Waals surface area contributed by atoms with Crippen molar-refractivity contribution in [3.8, 4) is 0 Å². The van der Waals surface area contributed by atoms with E-state index in [0.29, 0.717) is 31.9 Å². The van der Waals surface area contributed by atoms with Crippen LogP contribution in [0, 0.1) is 0 Å². The van der Waals surface area contributed by atoms with Gasteiger partial charge in [0.15, 0.2) is 5.13 Å². The third kappa shape index (κ3) is 3.89. The Morgan fingerprint density at radius 1 is 1.20 bits per heavy atom. The Hall–Kier alpha value is -2.23. The summed E-state index contributed by atoms with van der Waals surface area (Å²) >= 11 is 1.55. The van der Waals surface area contributed by atoms with Crippen LogP contribution in [0.5, 0.6) is 0 Å². The van der Waals surface area contributed by atoms with Crippen LogP contribution in [-0.2, 0) is 14.8 Å². The van der Waals surface area contributed by atoms with Crippen LogP contribution in [0.25, 0.3) is 0 Å². The van der Waals surface area contributed by atoms with Crippen molar-refractivity contribution in [1.82, 2.24) is 9.29 Å². The molecule has 2 heterocycles. The van der Waals surface area contributed by atoms with Gasteiger partial charge in [-0.1, -0.05) is 6.58 Å². The highest BCUT2D eigenvalue weighted by Gasteiger charge is 2.29. The van der Waals surface area contributed by atoms with Gasteiger partial charge in [-0.3, -0.25) is 4.79 Å². The summed E-state index contributed by atoms with van der Waals surface area (Å²) < 4.78 is 27.0. The van der Waals surface area contributed by atoms with Crippen LogP contribution in [0.1, 0.15) is 0 Å². The Morgan fingerprint density at radius 3 is 2.44 bits per heavy atom. The quantitative estimate of drug-likeness (QED) is 0.802. The number of carbonyl (C=O) groups is 1. The lowest BCUT2D eigenvalue weighted by Gasteiger charge is -2.33. The summed E-state index contributed by atoms with van der Waals surface area (Å²) in [4.78, 5) is 17.8. The molecule has 1 aromatic carbocycles. The van der Waals surface area contributed by atoms with Crippen molar-refractivity contribution >= 4 is 38.1 Å². The van der Waals surface area contributed by atoms with Gasteiger partial charge in [-0.25, -0.2) is 13.4 Å². The molecule has 0 radical (unpaired) electrons. The monoisotopic (exact) mass is 378 g/mol. The molecule has 1 N–H and O–H groups in total. The Kier molecular flexibility index (Phi) is 5.16. The van der Waals surface area contributed by atoms with E-state index in [-0.39, 0.29) is 10.8 Å². The van der Waals surface area contributed by atoms with E-state index in [9.17, 15) is 13.2 Å². The first-order chi connectivity index (χ1) is 12.0. The molecule has 0 atom stereocenters. The molecule has 1 saturated heterocycles. The van der Waals surface area contributed by atoms with Crippen LogP contribution in [0.15, 0.2) is 53.4 Å². The molecule has 0 saturated carbocycles. The van der Waals surface area contributed by atoms with Gasteiger partial charge in [-0.2, -0.15) is 4.31 Å². The van der Waals surface area contributed by atoms with Crippen LogP contribution in [0.3, 0.4) is 0 Å². The van der Waals surface area contributed by atoms with Gasteiger partial charge in [-0.05, 0) is 30.3 Å². The number of anilines is 2. The minimum absolute atomic E-state index is 0.215. The van der Waals surface area contributed by atoms with Gasteiger partial charge in [0.1, 0.15) is 0 Å². The van der Waals surface area contributed by atoms with Gasteiger partial charge in [0, 0.05) is 43.4 Å². The maximum absolute atomic E-state index is 12.8. The van der Waals surface area contributed by atoms with Gasteiger partial charge in [-0.15, -0.1) is 11.3 Å². The van der Waals surface area contributed by atoms with Crippen molar-refractivity contribution in [2.75, 3.05) is 36.4 Å². The molecule has 0 spiro atoms. The number of hydrogen-bond acceptors (Lipinski definition) is 6. The number of aromatic nitrogens is 1. The molecule has 1 fully saturated rings. The van der Waals surface area contributed by atoms with Gasteiger partial charge in [0.2, 0.25) is 15.9 Å². The first kappa shape index (κ1) is 17.6. The number of amides is 1. The van der Waals surface area contributed by atoms with Crippen LogP contribution in [-0.4, -0.2) is 49.8 Å². The lowest BCUT2D eigenvalue weighted by molar-refractivity contribution is -0.111. The van der Waals surface area contributed by atoms with Crippen molar-refractivity contribution in [2.24, 2.45) is 0 Å². The van der Waals surface area contributed by atoms with E-state index in [1.807, 2.05) is 5.38 Å². The number of benzene rings is 1. The summed E-state index contributed by atoms with van der Waals surface area (Å²) in [5, 5.41) is 5.42. The molecule has 0 bridgehead atoms. The number of nitrogens with one attached hydrogen (secondary N) is 1. The highest BCUT2D eigenvalue weighted by atomic mass is 32.2. The number of thiazole rings is 1. The topological polar surface area (TPSA) is 82.6 Å². The highest BCUT2D eigenvalue weighted by Crippen LogP contribution is 2.23.